The monoisotopic (exact) mass is 379 g/mol. The van der Waals surface area contributed by atoms with Gasteiger partial charge >= 0.3 is 0 Å². The Morgan fingerprint density at radius 3 is 2.75 bits per heavy atom. The molecule has 3 aromatic rings. The van der Waals surface area contributed by atoms with E-state index in [0.717, 1.165) is 11.1 Å². The average molecular weight is 379 g/mol. The Bertz CT molecular complexity index is 1000. The molecule has 2 N–H and O–H groups in total. The van der Waals surface area contributed by atoms with Crippen LogP contribution in [0.5, 0.6) is 0 Å². The van der Waals surface area contributed by atoms with Crippen LogP contribution < -0.4 is 10.6 Å². The molecule has 4 rings (SSSR count). The normalized spacial score (nSPS) is 15.6. The summed E-state index contributed by atoms with van der Waals surface area (Å²) < 4.78 is 15.1. The quantitative estimate of drug-likeness (QED) is 0.711. The van der Waals surface area contributed by atoms with Crippen LogP contribution >= 0.6 is 0 Å². The number of nitrogens with zero attached hydrogens (tertiary/aromatic N) is 3. The standard InChI is InChI=1S/C20H18FN5O2/c21-15-5-6-16-17(8-19(27)25-18(16)7-15)20(28)23-9-13-1-3-14(4-2-13)10-26-12-22-11-24-26/h1-7,11-12,17H,8-10H2,(H,23,28)(H,25,27). The van der Waals surface area contributed by atoms with Gasteiger partial charge in [-0.2, -0.15) is 5.10 Å². The van der Waals surface area contributed by atoms with Crippen molar-refractivity contribution in [3.63, 3.8) is 0 Å². The van der Waals surface area contributed by atoms with Gasteiger partial charge < -0.3 is 10.6 Å². The van der Waals surface area contributed by atoms with E-state index in [1.807, 2.05) is 24.3 Å². The molecule has 1 atom stereocenters. The van der Waals surface area contributed by atoms with Crippen LogP contribution in [0.15, 0.2) is 55.1 Å². The minimum Gasteiger partial charge on any atom is -0.351 e. The summed E-state index contributed by atoms with van der Waals surface area (Å²) in [6.45, 7) is 0.967. The van der Waals surface area contributed by atoms with Crippen molar-refractivity contribution in [1.82, 2.24) is 20.1 Å². The molecule has 0 saturated heterocycles. The van der Waals surface area contributed by atoms with Gasteiger partial charge in [0.15, 0.2) is 0 Å². The first-order valence-electron chi connectivity index (χ1n) is 8.86. The smallest absolute Gasteiger partial charge is 0.228 e. The van der Waals surface area contributed by atoms with Crippen LogP contribution in [0.2, 0.25) is 0 Å². The lowest BCUT2D eigenvalue weighted by molar-refractivity contribution is -0.126. The molecule has 0 radical (unpaired) electrons. The second-order valence-corrected chi connectivity index (χ2v) is 6.66. The summed E-state index contributed by atoms with van der Waals surface area (Å²) in [4.78, 5) is 28.4. The number of nitrogens with one attached hydrogen (secondary N) is 2. The molecule has 2 heterocycles. The van der Waals surface area contributed by atoms with E-state index < -0.39 is 11.7 Å². The molecule has 2 amide bonds. The Morgan fingerprint density at radius 1 is 1.21 bits per heavy atom. The predicted octanol–water partition coefficient (Wildman–Crippen LogP) is 2.21. The highest BCUT2D eigenvalue weighted by Crippen LogP contribution is 2.32. The number of anilines is 1. The van der Waals surface area contributed by atoms with Crippen LogP contribution in [-0.2, 0) is 22.7 Å². The lowest BCUT2D eigenvalue weighted by Gasteiger charge is -2.25. The second kappa shape index (κ2) is 7.59. The molecule has 1 unspecified atom stereocenters. The average Bonchev–Trinajstić information content (AvgIpc) is 3.19. The topological polar surface area (TPSA) is 88.9 Å². The molecule has 1 aromatic heterocycles. The van der Waals surface area contributed by atoms with E-state index in [1.165, 1.54) is 18.5 Å². The van der Waals surface area contributed by atoms with Crippen molar-refractivity contribution < 1.29 is 14.0 Å². The summed E-state index contributed by atoms with van der Waals surface area (Å²) in [6.07, 6.45) is 3.18. The predicted molar refractivity (Wildman–Crippen MR) is 99.8 cm³/mol. The first-order valence-corrected chi connectivity index (χ1v) is 8.86. The first-order chi connectivity index (χ1) is 13.6. The summed E-state index contributed by atoms with van der Waals surface area (Å²) in [7, 11) is 0. The Balaban J connectivity index is 1.40. The van der Waals surface area contributed by atoms with Gasteiger partial charge in [-0.3, -0.25) is 9.59 Å². The molecular weight excluding hydrogens is 361 g/mol. The molecule has 1 aliphatic rings. The number of carbonyl (C=O) groups is 2. The third-order valence-corrected chi connectivity index (χ3v) is 4.67. The molecular formula is C20H18FN5O2. The van der Waals surface area contributed by atoms with Crippen molar-refractivity contribution in [2.24, 2.45) is 0 Å². The molecule has 0 fully saturated rings. The lowest BCUT2D eigenvalue weighted by Crippen LogP contribution is -2.34. The van der Waals surface area contributed by atoms with Gasteiger partial charge in [0, 0.05) is 18.7 Å². The zero-order chi connectivity index (χ0) is 19.5. The third kappa shape index (κ3) is 3.90. The molecule has 7 nitrogen and oxygen atoms in total. The molecule has 142 valence electrons. The Kier molecular flexibility index (Phi) is 4.84. The number of hydrogen-bond acceptors (Lipinski definition) is 4. The Morgan fingerprint density at radius 2 is 2.00 bits per heavy atom. The molecule has 0 bridgehead atoms. The highest BCUT2D eigenvalue weighted by molar-refractivity contribution is 6.01. The summed E-state index contributed by atoms with van der Waals surface area (Å²) in [5.74, 6) is -1.63. The SMILES string of the molecule is O=C1CC(C(=O)NCc2ccc(Cn3cncn3)cc2)c2ccc(F)cc2N1. The van der Waals surface area contributed by atoms with Crippen LogP contribution in [0.4, 0.5) is 10.1 Å². The number of halogens is 1. The van der Waals surface area contributed by atoms with E-state index in [0.29, 0.717) is 24.3 Å². The van der Waals surface area contributed by atoms with Crippen LogP contribution in [-0.4, -0.2) is 26.6 Å². The van der Waals surface area contributed by atoms with Crippen LogP contribution in [0.25, 0.3) is 0 Å². The van der Waals surface area contributed by atoms with Gasteiger partial charge in [0.25, 0.3) is 0 Å². The fraction of sp³-hybridized carbons (Fsp3) is 0.200. The highest BCUT2D eigenvalue weighted by Gasteiger charge is 2.30. The van der Waals surface area contributed by atoms with Crippen LogP contribution in [0.3, 0.4) is 0 Å². The summed E-state index contributed by atoms with van der Waals surface area (Å²) in [6, 6.07) is 11.9. The van der Waals surface area contributed by atoms with Gasteiger partial charge in [-0.25, -0.2) is 14.1 Å². The maximum Gasteiger partial charge on any atom is 0.228 e. The summed E-state index contributed by atoms with van der Waals surface area (Å²) >= 11 is 0. The van der Waals surface area contributed by atoms with Crippen molar-refractivity contribution in [1.29, 1.82) is 0 Å². The van der Waals surface area contributed by atoms with Gasteiger partial charge in [0.05, 0.1) is 12.5 Å². The maximum atomic E-state index is 13.4. The highest BCUT2D eigenvalue weighted by atomic mass is 19.1. The van der Waals surface area contributed by atoms with Crippen molar-refractivity contribution >= 4 is 17.5 Å². The largest absolute Gasteiger partial charge is 0.351 e. The first kappa shape index (κ1) is 17.8. The van der Waals surface area contributed by atoms with Crippen molar-refractivity contribution in [3.05, 3.63) is 77.6 Å². The molecule has 0 saturated carbocycles. The zero-order valence-electron chi connectivity index (χ0n) is 14.9. The number of fused-ring (bicyclic) bond motifs is 1. The van der Waals surface area contributed by atoms with E-state index in [9.17, 15) is 14.0 Å². The zero-order valence-corrected chi connectivity index (χ0v) is 14.9. The molecule has 0 aliphatic carbocycles. The molecule has 1 aliphatic heterocycles. The second-order valence-electron chi connectivity index (χ2n) is 6.66. The van der Waals surface area contributed by atoms with E-state index in [1.54, 1.807) is 17.1 Å². The third-order valence-electron chi connectivity index (χ3n) is 4.67. The Hall–Kier alpha value is -3.55. The minimum absolute atomic E-state index is 0.0430. The van der Waals surface area contributed by atoms with Gasteiger partial charge in [0.2, 0.25) is 11.8 Å². The maximum absolute atomic E-state index is 13.4. The van der Waals surface area contributed by atoms with Crippen molar-refractivity contribution in [2.75, 3.05) is 5.32 Å². The van der Waals surface area contributed by atoms with Crippen molar-refractivity contribution in [2.45, 2.75) is 25.4 Å². The number of amides is 2. The van der Waals surface area contributed by atoms with Gasteiger partial charge in [0.1, 0.15) is 18.5 Å². The van der Waals surface area contributed by atoms with E-state index in [4.69, 9.17) is 0 Å². The summed E-state index contributed by atoms with van der Waals surface area (Å²) in [5, 5.41) is 9.55. The molecule has 28 heavy (non-hydrogen) atoms. The molecule has 8 heteroatoms. The number of carbonyl (C=O) groups excluding carboxylic acids is 2. The van der Waals surface area contributed by atoms with E-state index in [2.05, 4.69) is 20.7 Å². The summed E-state index contributed by atoms with van der Waals surface area (Å²) in [5.41, 5.74) is 2.99. The number of benzene rings is 2. The van der Waals surface area contributed by atoms with Crippen molar-refractivity contribution in [3.8, 4) is 0 Å². The van der Waals surface area contributed by atoms with E-state index in [-0.39, 0.29) is 18.2 Å². The van der Waals surface area contributed by atoms with Crippen LogP contribution in [0, 0.1) is 5.82 Å². The number of rotatable bonds is 5. The fourth-order valence-corrected chi connectivity index (χ4v) is 3.25. The number of aromatic nitrogens is 3. The fourth-order valence-electron chi connectivity index (χ4n) is 3.25. The van der Waals surface area contributed by atoms with E-state index >= 15 is 0 Å². The minimum atomic E-state index is -0.629. The van der Waals surface area contributed by atoms with Gasteiger partial charge in [-0.1, -0.05) is 30.3 Å². The Labute approximate surface area is 160 Å². The lowest BCUT2D eigenvalue weighted by atomic mass is 9.89. The molecule has 2 aromatic carbocycles. The van der Waals surface area contributed by atoms with Gasteiger partial charge in [-0.05, 0) is 28.8 Å². The van der Waals surface area contributed by atoms with Crippen LogP contribution in [0.1, 0.15) is 29.0 Å². The number of hydrogen-bond donors (Lipinski definition) is 2. The molecule has 0 spiro atoms. The van der Waals surface area contributed by atoms with Gasteiger partial charge in [-0.15, -0.1) is 0 Å².